The molecule has 2 N–H and O–H groups in total. The van der Waals surface area contributed by atoms with Crippen molar-refractivity contribution in [2.45, 2.75) is 19.9 Å². The van der Waals surface area contributed by atoms with Crippen LogP contribution in [0.25, 0.3) is 0 Å². The van der Waals surface area contributed by atoms with Gasteiger partial charge in [0.1, 0.15) is 16.8 Å². The molecule has 9 heteroatoms. The fourth-order valence-electron chi connectivity index (χ4n) is 2.23. The first-order valence-electron chi connectivity index (χ1n) is 8.11. The Morgan fingerprint density at radius 3 is 2.63 bits per heavy atom. The fourth-order valence-corrected chi connectivity index (χ4v) is 2.42. The van der Waals surface area contributed by atoms with E-state index in [1.165, 1.54) is 19.1 Å². The number of carbonyl (C=O) groups is 2. The SMILES string of the molecule is CCOc1ccccc1NC(=O)[C@H](C)NC(=O)c1ccc(Cl)c([N+](=O)[O-])c1. The van der Waals surface area contributed by atoms with Gasteiger partial charge in [0.2, 0.25) is 5.91 Å². The summed E-state index contributed by atoms with van der Waals surface area (Å²) in [6.07, 6.45) is 0. The van der Waals surface area contributed by atoms with E-state index in [0.29, 0.717) is 18.0 Å². The van der Waals surface area contributed by atoms with Gasteiger partial charge in [-0.1, -0.05) is 23.7 Å². The number of hydrogen-bond acceptors (Lipinski definition) is 5. The molecule has 1 atom stereocenters. The summed E-state index contributed by atoms with van der Waals surface area (Å²) in [5.74, 6) is -0.574. The molecule has 0 aromatic heterocycles. The van der Waals surface area contributed by atoms with Crippen LogP contribution in [-0.4, -0.2) is 29.4 Å². The quantitative estimate of drug-likeness (QED) is 0.555. The number of nitro groups is 1. The van der Waals surface area contributed by atoms with Crippen molar-refractivity contribution in [3.05, 3.63) is 63.2 Å². The van der Waals surface area contributed by atoms with Crippen molar-refractivity contribution < 1.29 is 19.2 Å². The number of benzene rings is 2. The van der Waals surface area contributed by atoms with Crippen LogP contribution in [0.4, 0.5) is 11.4 Å². The van der Waals surface area contributed by atoms with E-state index in [-0.39, 0.29) is 16.3 Å². The van der Waals surface area contributed by atoms with E-state index >= 15 is 0 Å². The van der Waals surface area contributed by atoms with Crippen molar-refractivity contribution in [2.75, 3.05) is 11.9 Å². The van der Waals surface area contributed by atoms with Crippen LogP contribution < -0.4 is 15.4 Å². The number of hydrogen-bond donors (Lipinski definition) is 2. The number of nitrogens with one attached hydrogen (secondary N) is 2. The number of anilines is 1. The van der Waals surface area contributed by atoms with Crippen LogP contribution in [0.5, 0.6) is 5.75 Å². The van der Waals surface area contributed by atoms with Crippen LogP contribution in [-0.2, 0) is 4.79 Å². The maximum Gasteiger partial charge on any atom is 0.288 e. The molecule has 0 spiro atoms. The van der Waals surface area contributed by atoms with E-state index < -0.39 is 22.8 Å². The van der Waals surface area contributed by atoms with E-state index in [9.17, 15) is 19.7 Å². The second-order valence-electron chi connectivity index (χ2n) is 5.54. The molecule has 0 unspecified atom stereocenters. The Kier molecular flexibility index (Phi) is 6.73. The summed E-state index contributed by atoms with van der Waals surface area (Å²) < 4.78 is 5.44. The van der Waals surface area contributed by atoms with E-state index in [4.69, 9.17) is 16.3 Å². The third-order valence-corrected chi connectivity index (χ3v) is 3.91. The molecule has 27 heavy (non-hydrogen) atoms. The molecule has 2 amide bonds. The number of carbonyl (C=O) groups excluding carboxylic acids is 2. The third kappa shape index (κ3) is 5.18. The molecule has 0 aliphatic rings. The lowest BCUT2D eigenvalue weighted by Gasteiger charge is -2.16. The predicted octanol–water partition coefficient (Wildman–Crippen LogP) is 3.40. The van der Waals surface area contributed by atoms with Crippen LogP contribution in [0.2, 0.25) is 5.02 Å². The van der Waals surface area contributed by atoms with Gasteiger partial charge in [0.05, 0.1) is 17.2 Å². The summed E-state index contributed by atoms with van der Waals surface area (Å²) in [6, 6.07) is 9.70. The van der Waals surface area contributed by atoms with Crippen molar-refractivity contribution in [3.8, 4) is 5.75 Å². The number of ether oxygens (including phenoxy) is 1. The van der Waals surface area contributed by atoms with Crippen LogP contribution in [0.3, 0.4) is 0 Å². The van der Waals surface area contributed by atoms with Gasteiger partial charge >= 0.3 is 0 Å². The first-order chi connectivity index (χ1) is 12.8. The average Bonchev–Trinajstić information content (AvgIpc) is 2.63. The van der Waals surface area contributed by atoms with Gasteiger partial charge in [0, 0.05) is 11.6 Å². The Balaban J connectivity index is 2.07. The Bertz CT molecular complexity index is 872. The highest BCUT2D eigenvalue weighted by molar-refractivity contribution is 6.32. The largest absolute Gasteiger partial charge is 0.492 e. The lowest BCUT2D eigenvalue weighted by Crippen LogP contribution is -2.41. The van der Waals surface area contributed by atoms with E-state index in [1.807, 2.05) is 6.92 Å². The summed E-state index contributed by atoms with van der Waals surface area (Å²) in [4.78, 5) is 34.9. The summed E-state index contributed by atoms with van der Waals surface area (Å²) in [5, 5.41) is 16.0. The van der Waals surface area contributed by atoms with Gasteiger partial charge in [-0.15, -0.1) is 0 Å². The fraction of sp³-hybridized carbons (Fsp3) is 0.222. The number of para-hydroxylation sites is 2. The maximum atomic E-state index is 12.4. The molecule has 0 aliphatic heterocycles. The van der Waals surface area contributed by atoms with Crippen LogP contribution in [0, 0.1) is 10.1 Å². The lowest BCUT2D eigenvalue weighted by molar-refractivity contribution is -0.384. The Morgan fingerprint density at radius 2 is 1.96 bits per heavy atom. The number of halogens is 1. The first-order valence-corrected chi connectivity index (χ1v) is 8.48. The van der Waals surface area contributed by atoms with Crippen molar-refractivity contribution >= 4 is 34.8 Å². The molecule has 0 bridgehead atoms. The van der Waals surface area contributed by atoms with Gasteiger partial charge in [0.25, 0.3) is 11.6 Å². The monoisotopic (exact) mass is 391 g/mol. The molecule has 0 fully saturated rings. The highest BCUT2D eigenvalue weighted by Crippen LogP contribution is 2.25. The smallest absolute Gasteiger partial charge is 0.288 e. The standard InChI is InChI=1S/C18H18ClN3O5/c1-3-27-16-7-5-4-6-14(16)21-17(23)11(2)20-18(24)12-8-9-13(19)15(10-12)22(25)26/h4-11H,3H2,1-2H3,(H,20,24)(H,21,23)/t11-/m0/s1. The number of nitro benzene ring substituents is 1. The summed E-state index contributed by atoms with van der Waals surface area (Å²) >= 11 is 5.73. The van der Waals surface area contributed by atoms with Gasteiger partial charge in [-0.2, -0.15) is 0 Å². The zero-order valence-electron chi connectivity index (χ0n) is 14.7. The van der Waals surface area contributed by atoms with Gasteiger partial charge in [-0.25, -0.2) is 0 Å². The molecule has 0 saturated carbocycles. The number of amides is 2. The molecule has 2 aromatic carbocycles. The van der Waals surface area contributed by atoms with Gasteiger partial charge in [-0.3, -0.25) is 19.7 Å². The molecule has 2 aromatic rings. The summed E-state index contributed by atoms with van der Waals surface area (Å²) in [7, 11) is 0. The Hall–Kier alpha value is -3.13. The van der Waals surface area contributed by atoms with Gasteiger partial charge in [-0.05, 0) is 38.1 Å². The minimum atomic E-state index is -0.887. The van der Waals surface area contributed by atoms with Crippen LogP contribution >= 0.6 is 11.6 Å². The molecule has 0 saturated heterocycles. The number of rotatable bonds is 7. The molecule has 0 aliphatic carbocycles. The van der Waals surface area contributed by atoms with E-state index in [1.54, 1.807) is 24.3 Å². The molecule has 8 nitrogen and oxygen atoms in total. The third-order valence-electron chi connectivity index (χ3n) is 3.59. The highest BCUT2D eigenvalue weighted by Gasteiger charge is 2.20. The van der Waals surface area contributed by atoms with Crippen LogP contribution in [0.15, 0.2) is 42.5 Å². The minimum absolute atomic E-state index is 0.0282. The second-order valence-corrected chi connectivity index (χ2v) is 5.94. The van der Waals surface area contributed by atoms with Gasteiger partial charge in [0.15, 0.2) is 0 Å². The first kappa shape index (κ1) is 20.2. The zero-order valence-corrected chi connectivity index (χ0v) is 15.4. The molecule has 0 heterocycles. The zero-order chi connectivity index (χ0) is 20.0. The van der Waals surface area contributed by atoms with Crippen molar-refractivity contribution in [3.63, 3.8) is 0 Å². The molecule has 0 radical (unpaired) electrons. The van der Waals surface area contributed by atoms with Crippen LogP contribution in [0.1, 0.15) is 24.2 Å². The maximum absolute atomic E-state index is 12.4. The highest BCUT2D eigenvalue weighted by atomic mass is 35.5. The van der Waals surface area contributed by atoms with Crippen molar-refractivity contribution in [1.29, 1.82) is 0 Å². The number of nitrogens with zero attached hydrogens (tertiary/aromatic N) is 1. The molecular weight excluding hydrogens is 374 g/mol. The van der Waals surface area contributed by atoms with E-state index in [0.717, 1.165) is 6.07 Å². The van der Waals surface area contributed by atoms with Crippen molar-refractivity contribution in [1.82, 2.24) is 5.32 Å². The predicted molar refractivity (Wildman–Crippen MR) is 101 cm³/mol. The van der Waals surface area contributed by atoms with E-state index in [2.05, 4.69) is 10.6 Å². The molecule has 142 valence electrons. The minimum Gasteiger partial charge on any atom is -0.492 e. The van der Waals surface area contributed by atoms with Gasteiger partial charge < -0.3 is 15.4 Å². The second kappa shape index (κ2) is 9.00. The average molecular weight is 392 g/mol. The lowest BCUT2D eigenvalue weighted by atomic mass is 10.1. The Labute approximate surface area is 160 Å². The topological polar surface area (TPSA) is 111 Å². The summed E-state index contributed by atoms with van der Waals surface area (Å²) in [6.45, 7) is 3.77. The summed E-state index contributed by atoms with van der Waals surface area (Å²) in [5.41, 5.74) is 0.125. The molecular formula is C18H18ClN3O5. The van der Waals surface area contributed by atoms with Crippen molar-refractivity contribution in [2.24, 2.45) is 0 Å². The Morgan fingerprint density at radius 1 is 1.26 bits per heavy atom. The molecule has 2 rings (SSSR count). The normalized spacial score (nSPS) is 11.4.